The lowest BCUT2D eigenvalue weighted by molar-refractivity contribution is 0.133. The Hall–Kier alpha value is -0.830. The quantitative estimate of drug-likeness (QED) is 0.680. The van der Waals surface area contributed by atoms with Crippen molar-refractivity contribution in [3.05, 3.63) is 17.5 Å². The largest absolute Gasteiger partial charge is 0.288 e. The van der Waals surface area contributed by atoms with Gasteiger partial charge in [0.1, 0.15) is 0 Å². The number of aromatic nitrogens is 2. The molecule has 0 N–H and O–H groups in total. The maximum absolute atomic E-state index is 4.36. The molecule has 1 aromatic heterocycles. The Morgan fingerprint density at radius 1 is 1.36 bits per heavy atom. The van der Waals surface area contributed by atoms with Crippen LogP contribution < -0.4 is 0 Å². The molecular formula is C11H19N3. The molecule has 0 atom stereocenters. The first-order valence-electron chi connectivity index (χ1n) is 5.31. The average molecular weight is 193 g/mol. The fourth-order valence-electron chi connectivity index (χ4n) is 1.95. The van der Waals surface area contributed by atoms with E-state index in [1.165, 1.54) is 11.3 Å². The Bertz CT molecular complexity index is 333. The summed E-state index contributed by atoms with van der Waals surface area (Å²) in [7, 11) is 0. The molecule has 2 heterocycles. The van der Waals surface area contributed by atoms with Crippen LogP contribution in [-0.4, -0.2) is 20.2 Å². The zero-order chi connectivity index (χ0) is 10.3. The molecular weight excluding hydrogens is 174 g/mol. The van der Waals surface area contributed by atoms with Crippen LogP contribution in [0.25, 0.3) is 0 Å². The van der Waals surface area contributed by atoms with Crippen molar-refractivity contribution in [3.63, 3.8) is 0 Å². The summed E-state index contributed by atoms with van der Waals surface area (Å²) in [4.78, 5) is 2.49. The number of nitrogens with zero attached hydrogens (tertiary/aromatic N) is 3. The molecule has 78 valence electrons. The highest BCUT2D eigenvalue weighted by molar-refractivity contribution is 5.22. The van der Waals surface area contributed by atoms with Gasteiger partial charge in [0.05, 0.1) is 11.9 Å². The van der Waals surface area contributed by atoms with Crippen molar-refractivity contribution < 1.29 is 0 Å². The van der Waals surface area contributed by atoms with Gasteiger partial charge in [-0.05, 0) is 27.7 Å². The number of aryl methyl sites for hydroxylation is 1. The van der Waals surface area contributed by atoms with Crippen molar-refractivity contribution >= 4 is 0 Å². The van der Waals surface area contributed by atoms with Crippen LogP contribution in [0, 0.1) is 0 Å². The summed E-state index contributed by atoms with van der Waals surface area (Å²) < 4.78 is 2.11. The van der Waals surface area contributed by atoms with Gasteiger partial charge in [0.15, 0.2) is 0 Å². The van der Waals surface area contributed by atoms with Gasteiger partial charge in [-0.15, -0.1) is 0 Å². The predicted octanol–water partition coefficient (Wildman–Crippen LogP) is 2.02. The van der Waals surface area contributed by atoms with Crippen LogP contribution >= 0.6 is 0 Å². The molecule has 1 aliphatic rings. The number of hydrogen-bond acceptors (Lipinski definition) is 2. The van der Waals surface area contributed by atoms with Gasteiger partial charge in [-0.25, -0.2) is 0 Å². The molecule has 1 aliphatic heterocycles. The summed E-state index contributed by atoms with van der Waals surface area (Å²) in [6.07, 6.45) is 2.02. The monoisotopic (exact) mass is 193 g/mol. The van der Waals surface area contributed by atoms with E-state index in [1.807, 2.05) is 6.20 Å². The molecule has 0 unspecified atom stereocenters. The molecule has 0 radical (unpaired) electrons. The van der Waals surface area contributed by atoms with Gasteiger partial charge < -0.3 is 0 Å². The number of fused-ring (bicyclic) bond motifs is 1. The van der Waals surface area contributed by atoms with Crippen molar-refractivity contribution in [1.82, 2.24) is 14.7 Å². The molecule has 1 aromatic rings. The van der Waals surface area contributed by atoms with E-state index in [4.69, 9.17) is 0 Å². The zero-order valence-corrected chi connectivity index (χ0v) is 9.54. The third kappa shape index (κ3) is 1.46. The van der Waals surface area contributed by atoms with Crippen LogP contribution in [0.3, 0.4) is 0 Å². The third-order valence-electron chi connectivity index (χ3n) is 2.99. The molecule has 0 amide bonds. The Morgan fingerprint density at radius 2 is 2.07 bits per heavy atom. The summed E-state index contributed by atoms with van der Waals surface area (Å²) >= 11 is 0. The highest BCUT2D eigenvalue weighted by Crippen LogP contribution is 2.28. The van der Waals surface area contributed by atoms with Gasteiger partial charge >= 0.3 is 0 Å². The Labute approximate surface area is 85.7 Å². The van der Waals surface area contributed by atoms with E-state index < -0.39 is 0 Å². The fraction of sp³-hybridized carbons (Fsp3) is 0.727. The molecule has 0 saturated carbocycles. The molecule has 0 aliphatic carbocycles. The summed E-state index contributed by atoms with van der Waals surface area (Å²) in [6.45, 7) is 12.0. The Balaban J connectivity index is 2.22. The van der Waals surface area contributed by atoms with Gasteiger partial charge in [0.25, 0.3) is 0 Å². The molecule has 0 aromatic carbocycles. The third-order valence-corrected chi connectivity index (χ3v) is 2.99. The molecule has 3 heteroatoms. The van der Waals surface area contributed by atoms with Crippen LogP contribution in [0.4, 0.5) is 0 Å². The zero-order valence-electron chi connectivity index (χ0n) is 9.54. The second-order valence-corrected chi connectivity index (χ2v) is 4.96. The van der Waals surface area contributed by atoms with Crippen molar-refractivity contribution in [2.24, 2.45) is 0 Å². The van der Waals surface area contributed by atoms with Gasteiger partial charge in [-0.3, -0.25) is 9.58 Å². The first kappa shape index (κ1) is 9.71. The van der Waals surface area contributed by atoms with Gasteiger partial charge in [0.2, 0.25) is 0 Å². The Morgan fingerprint density at radius 3 is 2.64 bits per heavy atom. The van der Waals surface area contributed by atoms with E-state index in [1.54, 1.807) is 0 Å². The summed E-state index contributed by atoms with van der Waals surface area (Å²) in [5.74, 6) is 0. The number of rotatable bonds is 1. The van der Waals surface area contributed by atoms with E-state index in [-0.39, 0.29) is 5.54 Å². The lowest BCUT2D eigenvalue weighted by atomic mass is 10.1. The first-order chi connectivity index (χ1) is 6.52. The van der Waals surface area contributed by atoms with Crippen LogP contribution in [0.2, 0.25) is 0 Å². The fourth-order valence-corrected chi connectivity index (χ4v) is 1.95. The maximum Gasteiger partial charge on any atom is 0.0569 e. The smallest absolute Gasteiger partial charge is 0.0569 e. The van der Waals surface area contributed by atoms with Crippen molar-refractivity contribution in [1.29, 1.82) is 0 Å². The minimum Gasteiger partial charge on any atom is -0.288 e. The predicted molar refractivity (Wildman–Crippen MR) is 56.9 cm³/mol. The minimum atomic E-state index is 0.261. The van der Waals surface area contributed by atoms with E-state index in [9.17, 15) is 0 Å². The summed E-state index contributed by atoms with van der Waals surface area (Å²) in [6, 6.07) is 0. The topological polar surface area (TPSA) is 21.1 Å². The molecule has 0 fully saturated rings. The molecule has 2 rings (SSSR count). The summed E-state index contributed by atoms with van der Waals surface area (Å²) in [5, 5.41) is 4.36. The molecule has 0 spiro atoms. The highest BCUT2D eigenvalue weighted by atomic mass is 15.3. The van der Waals surface area contributed by atoms with Gasteiger partial charge in [-0.1, -0.05) is 0 Å². The van der Waals surface area contributed by atoms with Crippen LogP contribution in [0.1, 0.15) is 39.0 Å². The van der Waals surface area contributed by atoms with Gasteiger partial charge in [-0.2, -0.15) is 5.10 Å². The molecule has 14 heavy (non-hydrogen) atoms. The lowest BCUT2D eigenvalue weighted by Crippen LogP contribution is -2.37. The normalized spacial score (nSPS) is 17.4. The standard InChI is InChI=1S/C11H19N3/c1-5-14-10-8-13(11(2,3)4)7-9(10)6-12-14/h6H,5,7-8H2,1-4H3. The highest BCUT2D eigenvalue weighted by Gasteiger charge is 2.30. The Kier molecular flexibility index (Phi) is 2.14. The first-order valence-corrected chi connectivity index (χ1v) is 5.31. The second kappa shape index (κ2) is 3.09. The second-order valence-electron chi connectivity index (χ2n) is 4.96. The van der Waals surface area contributed by atoms with Crippen LogP contribution in [-0.2, 0) is 19.6 Å². The average Bonchev–Trinajstić information content (AvgIpc) is 2.58. The molecule has 0 bridgehead atoms. The van der Waals surface area contributed by atoms with Crippen molar-refractivity contribution in [3.8, 4) is 0 Å². The maximum atomic E-state index is 4.36. The van der Waals surface area contributed by atoms with E-state index in [0.29, 0.717) is 0 Å². The number of hydrogen-bond donors (Lipinski definition) is 0. The van der Waals surface area contributed by atoms with Crippen LogP contribution in [0.5, 0.6) is 0 Å². The van der Waals surface area contributed by atoms with Crippen LogP contribution in [0.15, 0.2) is 6.20 Å². The van der Waals surface area contributed by atoms with Crippen molar-refractivity contribution in [2.75, 3.05) is 0 Å². The molecule has 0 saturated heterocycles. The van der Waals surface area contributed by atoms with Gasteiger partial charge in [0, 0.05) is 30.7 Å². The minimum absolute atomic E-state index is 0.261. The lowest BCUT2D eigenvalue weighted by Gasteiger charge is -2.31. The van der Waals surface area contributed by atoms with E-state index in [0.717, 1.165) is 19.6 Å². The van der Waals surface area contributed by atoms with E-state index >= 15 is 0 Å². The molecule has 3 nitrogen and oxygen atoms in total. The SMILES string of the molecule is CCn1ncc2c1CN(C(C)(C)C)C2. The van der Waals surface area contributed by atoms with E-state index in [2.05, 4.69) is 42.4 Å². The van der Waals surface area contributed by atoms with Crippen molar-refractivity contribution in [2.45, 2.75) is 52.9 Å². The summed E-state index contributed by atoms with van der Waals surface area (Å²) in [5.41, 5.74) is 3.07.